The highest BCUT2D eigenvalue weighted by Crippen LogP contribution is 2.08. The molecule has 0 aliphatic rings. The van der Waals surface area contributed by atoms with Crippen molar-refractivity contribution in [2.75, 3.05) is 13.2 Å². The Labute approximate surface area is 55.5 Å². The molecule has 0 bridgehead atoms. The van der Waals surface area contributed by atoms with Crippen LogP contribution in [0.1, 0.15) is 19.8 Å². The van der Waals surface area contributed by atoms with E-state index < -0.39 is 5.60 Å². The molecular formula is C6H15NO2. The average molecular weight is 133 g/mol. The number of hydrogen-bond acceptors (Lipinski definition) is 3. The first-order chi connectivity index (χ1) is 4.18. The Morgan fingerprint density at radius 3 is 2.22 bits per heavy atom. The fourth-order valence-corrected chi connectivity index (χ4v) is 0.711. The van der Waals surface area contributed by atoms with Crippen LogP contribution in [0.25, 0.3) is 0 Å². The zero-order chi connectivity index (χ0) is 7.33. The van der Waals surface area contributed by atoms with Gasteiger partial charge in [-0.2, -0.15) is 0 Å². The van der Waals surface area contributed by atoms with E-state index in [1.807, 2.05) is 6.92 Å². The monoisotopic (exact) mass is 133 g/mol. The fourth-order valence-electron chi connectivity index (χ4n) is 0.711. The zero-order valence-corrected chi connectivity index (χ0v) is 5.80. The van der Waals surface area contributed by atoms with E-state index in [4.69, 9.17) is 10.8 Å². The van der Waals surface area contributed by atoms with Crippen molar-refractivity contribution in [3.8, 4) is 0 Å². The molecule has 0 amide bonds. The van der Waals surface area contributed by atoms with Gasteiger partial charge in [0.15, 0.2) is 0 Å². The third-order valence-corrected chi connectivity index (χ3v) is 1.39. The van der Waals surface area contributed by atoms with E-state index in [2.05, 4.69) is 0 Å². The Balaban J connectivity index is 3.62. The molecule has 0 spiro atoms. The second kappa shape index (κ2) is 3.82. The Kier molecular flexibility index (Phi) is 3.77. The number of nitrogens with two attached hydrogens (primary N) is 1. The van der Waals surface area contributed by atoms with E-state index in [0.29, 0.717) is 6.42 Å². The molecule has 1 unspecified atom stereocenters. The second-order valence-electron chi connectivity index (χ2n) is 2.34. The number of rotatable bonds is 4. The van der Waals surface area contributed by atoms with Crippen molar-refractivity contribution >= 4 is 0 Å². The smallest absolute Gasteiger partial charge is 0.0998 e. The molecular weight excluding hydrogens is 118 g/mol. The predicted octanol–water partition coefficient (Wildman–Crippen LogP) is -0.531. The number of hydrogen-bond donors (Lipinski definition) is 3. The van der Waals surface area contributed by atoms with E-state index in [9.17, 15) is 5.11 Å². The molecule has 3 heteroatoms. The Morgan fingerprint density at radius 2 is 2.11 bits per heavy atom. The molecule has 0 saturated heterocycles. The lowest BCUT2D eigenvalue weighted by Crippen LogP contribution is -2.41. The third kappa shape index (κ3) is 2.79. The van der Waals surface area contributed by atoms with Crippen molar-refractivity contribution in [2.45, 2.75) is 25.4 Å². The van der Waals surface area contributed by atoms with Gasteiger partial charge in [0, 0.05) is 6.54 Å². The molecule has 0 rings (SSSR count). The summed E-state index contributed by atoms with van der Waals surface area (Å²) in [5.74, 6) is 0. The highest BCUT2D eigenvalue weighted by molar-refractivity contribution is 4.77. The molecule has 0 aromatic carbocycles. The van der Waals surface area contributed by atoms with Gasteiger partial charge in [-0.3, -0.25) is 0 Å². The van der Waals surface area contributed by atoms with Crippen LogP contribution >= 0.6 is 0 Å². The maximum absolute atomic E-state index is 9.25. The molecule has 0 heterocycles. The van der Waals surface area contributed by atoms with E-state index in [1.54, 1.807) is 0 Å². The molecule has 4 N–H and O–H groups in total. The second-order valence-corrected chi connectivity index (χ2v) is 2.34. The maximum Gasteiger partial charge on any atom is 0.0998 e. The van der Waals surface area contributed by atoms with Gasteiger partial charge >= 0.3 is 0 Å². The summed E-state index contributed by atoms with van der Waals surface area (Å²) < 4.78 is 0. The molecule has 3 nitrogen and oxygen atoms in total. The summed E-state index contributed by atoms with van der Waals surface area (Å²) >= 11 is 0. The van der Waals surface area contributed by atoms with Crippen molar-refractivity contribution < 1.29 is 10.2 Å². The molecule has 0 aromatic rings. The van der Waals surface area contributed by atoms with Crippen LogP contribution in [0.5, 0.6) is 0 Å². The minimum absolute atomic E-state index is 0.136. The SMILES string of the molecule is CCCC(O)(CN)CO. The van der Waals surface area contributed by atoms with Crippen molar-refractivity contribution in [3.63, 3.8) is 0 Å². The zero-order valence-electron chi connectivity index (χ0n) is 5.80. The summed E-state index contributed by atoms with van der Waals surface area (Å²) in [6.07, 6.45) is 1.41. The van der Waals surface area contributed by atoms with E-state index >= 15 is 0 Å². The molecule has 56 valence electrons. The van der Waals surface area contributed by atoms with Gasteiger partial charge < -0.3 is 15.9 Å². The van der Waals surface area contributed by atoms with Crippen LogP contribution in [0.2, 0.25) is 0 Å². The van der Waals surface area contributed by atoms with Crippen LogP contribution < -0.4 is 5.73 Å². The van der Waals surface area contributed by atoms with Crippen LogP contribution in [-0.2, 0) is 0 Å². The fraction of sp³-hybridized carbons (Fsp3) is 1.00. The van der Waals surface area contributed by atoms with Gasteiger partial charge in [-0.15, -0.1) is 0 Å². The lowest BCUT2D eigenvalue weighted by atomic mass is 10.00. The molecule has 0 aliphatic carbocycles. The van der Waals surface area contributed by atoms with Crippen LogP contribution in [0.4, 0.5) is 0 Å². The van der Waals surface area contributed by atoms with Crippen LogP contribution in [0, 0.1) is 0 Å². The van der Waals surface area contributed by atoms with Gasteiger partial charge in [-0.05, 0) is 6.42 Å². The average Bonchev–Trinajstić information content (AvgIpc) is 1.89. The van der Waals surface area contributed by atoms with Gasteiger partial charge in [0.2, 0.25) is 0 Å². The van der Waals surface area contributed by atoms with E-state index in [-0.39, 0.29) is 13.2 Å². The Bertz CT molecular complexity index is 71.5. The molecule has 9 heavy (non-hydrogen) atoms. The van der Waals surface area contributed by atoms with Crippen molar-refractivity contribution in [3.05, 3.63) is 0 Å². The van der Waals surface area contributed by atoms with Crippen molar-refractivity contribution in [1.29, 1.82) is 0 Å². The summed E-state index contributed by atoms with van der Waals surface area (Å²) in [5.41, 5.74) is 4.16. The summed E-state index contributed by atoms with van der Waals surface area (Å²) in [7, 11) is 0. The normalized spacial score (nSPS) is 17.3. The van der Waals surface area contributed by atoms with Crippen molar-refractivity contribution in [1.82, 2.24) is 0 Å². The molecule has 0 aromatic heterocycles. The number of aliphatic hydroxyl groups is 2. The van der Waals surface area contributed by atoms with Crippen molar-refractivity contribution in [2.24, 2.45) is 5.73 Å². The van der Waals surface area contributed by atoms with Gasteiger partial charge in [0.1, 0.15) is 0 Å². The maximum atomic E-state index is 9.25. The van der Waals surface area contributed by atoms with Gasteiger partial charge in [0.05, 0.1) is 12.2 Å². The summed E-state index contributed by atoms with van der Waals surface area (Å²) in [6.45, 7) is 1.84. The molecule has 0 fully saturated rings. The Hall–Kier alpha value is -0.120. The summed E-state index contributed by atoms with van der Waals surface area (Å²) in [5, 5.41) is 17.8. The minimum Gasteiger partial charge on any atom is -0.393 e. The van der Waals surface area contributed by atoms with Crippen LogP contribution in [0.3, 0.4) is 0 Å². The number of aliphatic hydroxyl groups excluding tert-OH is 1. The minimum atomic E-state index is -1.03. The molecule has 1 atom stereocenters. The quantitative estimate of drug-likeness (QED) is 0.483. The molecule has 0 aliphatic heterocycles. The molecule has 0 saturated carbocycles. The van der Waals surface area contributed by atoms with E-state index in [0.717, 1.165) is 6.42 Å². The Morgan fingerprint density at radius 1 is 1.56 bits per heavy atom. The first-order valence-electron chi connectivity index (χ1n) is 3.22. The largest absolute Gasteiger partial charge is 0.393 e. The third-order valence-electron chi connectivity index (χ3n) is 1.39. The summed E-state index contributed by atoms with van der Waals surface area (Å²) in [6, 6.07) is 0. The highest BCUT2D eigenvalue weighted by Gasteiger charge is 2.21. The molecule has 0 radical (unpaired) electrons. The lowest BCUT2D eigenvalue weighted by Gasteiger charge is -2.22. The summed E-state index contributed by atoms with van der Waals surface area (Å²) in [4.78, 5) is 0. The van der Waals surface area contributed by atoms with E-state index in [1.165, 1.54) is 0 Å². The van der Waals surface area contributed by atoms with Crippen LogP contribution in [-0.4, -0.2) is 29.0 Å². The first-order valence-corrected chi connectivity index (χ1v) is 3.22. The standard InChI is InChI=1S/C6H15NO2/c1-2-3-6(9,4-7)5-8/h8-9H,2-5,7H2,1H3. The lowest BCUT2D eigenvalue weighted by molar-refractivity contribution is -0.0138. The van der Waals surface area contributed by atoms with Gasteiger partial charge in [-0.1, -0.05) is 13.3 Å². The van der Waals surface area contributed by atoms with Crippen LogP contribution in [0.15, 0.2) is 0 Å². The first kappa shape index (κ1) is 8.88. The van der Waals surface area contributed by atoms with Gasteiger partial charge in [-0.25, -0.2) is 0 Å². The predicted molar refractivity (Wildman–Crippen MR) is 36.0 cm³/mol. The highest BCUT2D eigenvalue weighted by atomic mass is 16.3. The topological polar surface area (TPSA) is 66.5 Å². The van der Waals surface area contributed by atoms with Gasteiger partial charge in [0.25, 0.3) is 0 Å².